The average molecular weight is 442 g/mol. The SMILES string of the molecule is CC(NC(=O)CSc1nc2ccccc2c(=O)n1C1CCCC1)c1ccc(Cl)cc1. The Labute approximate surface area is 184 Å². The number of hydrogen-bond acceptors (Lipinski definition) is 4. The van der Waals surface area contributed by atoms with E-state index in [1.165, 1.54) is 11.8 Å². The van der Waals surface area contributed by atoms with Gasteiger partial charge in [0.05, 0.1) is 22.7 Å². The van der Waals surface area contributed by atoms with E-state index in [0.717, 1.165) is 31.2 Å². The smallest absolute Gasteiger partial charge is 0.262 e. The Hall–Kier alpha value is -2.31. The van der Waals surface area contributed by atoms with Crippen molar-refractivity contribution in [3.05, 3.63) is 69.5 Å². The van der Waals surface area contributed by atoms with E-state index in [-0.39, 0.29) is 29.3 Å². The third-order valence-electron chi connectivity index (χ3n) is 5.55. The fourth-order valence-corrected chi connectivity index (χ4v) is 4.96. The third-order valence-corrected chi connectivity index (χ3v) is 6.75. The molecule has 0 radical (unpaired) electrons. The molecule has 30 heavy (non-hydrogen) atoms. The normalized spacial score (nSPS) is 15.4. The van der Waals surface area contributed by atoms with Crippen molar-refractivity contribution in [2.45, 2.75) is 49.8 Å². The number of benzene rings is 2. The van der Waals surface area contributed by atoms with Gasteiger partial charge in [-0.2, -0.15) is 0 Å². The molecule has 1 fully saturated rings. The number of thioether (sulfide) groups is 1. The Morgan fingerprint density at radius 1 is 1.20 bits per heavy atom. The maximum atomic E-state index is 13.2. The van der Waals surface area contributed by atoms with Crippen LogP contribution in [0.1, 0.15) is 50.3 Å². The van der Waals surface area contributed by atoms with Gasteiger partial charge in [-0.1, -0.05) is 60.5 Å². The van der Waals surface area contributed by atoms with Crippen molar-refractivity contribution >= 4 is 40.2 Å². The van der Waals surface area contributed by atoms with Crippen molar-refractivity contribution in [1.29, 1.82) is 0 Å². The molecule has 1 aromatic heterocycles. The molecule has 5 nitrogen and oxygen atoms in total. The molecule has 4 rings (SSSR count). The van der Waals surface area contributed by atoms with E-state index in [2.05, 4.69) is 5.32 Å². The van der Waals surface area contributed by atoms with Gasteiger partial charge in [0.1, 0.15) is 0 Å². The van der Waals surface area contributed by atoms with Gasteiger partial charge < -0.3 is 5.32 Å². The third kappa shape index (κ3) is 4.55. The Balaban J connectivity index is 1.52. The summed E-state index contributed by atoms with van der Waals surface area (Å²) in [5, 5.41) is 4.93. The fraction of sp³-hybridized carbons (Fsp3) is 0.348. The topological polar surface area (TPSA) is 64.0 Å². The predicted octanol–water partition coefficient (Wildman–Crippen LogP) is 5.13. The summed E-state index contributed by atoms with van der Waals surface area (Å²) < 4.78 is 1.82. The molecule has 156 valence electrons. The number of fused-ring (bicyclic) bond motifs is 1. The van der Waals surface area contributed by atoms with E-state index in [0.29, 0.717) is 21.1 Å². The lowest BCUT2D eigenvalue weighted by Crippen LogP contribution is -2.30. The van der Waals surface area contributed by atoms with Crippen molar-refractivity contribution in [2.75, 3.05) is 5.75 Å². The first kappa shape index (κ1) is 20.9. The highest BCUT2D eigenvalue weighted by molar-refractivity contribution is 7.99. The lowest BCUT2D eigenvalue weighted by atomic mass is 10.1. The minimum absolute atomic E-state index is 0.00931. The summed E-state index contributed by atoms with van der Waals surface area (Å²) in [5.41, 5.74) is 1.66. The maximum Gasteiger partial charge on any atom is 0.262 e. The standard InChI is InChI=1S/C23H24ClN3O2S/c1-15(16-10-12-17(24)13-11-16)25-21(28)14-30-23-26-20-9-5-4-8-19(20)22(29)27(23)18-6-2-3-7-18/h4-5,8-13,15,18H,2-3,6-7,14H2,1H3,(H,25,28). The van der Waals surface area contributed by atoms with E-state index in [9.17, 15) is 9.59 Å². The Morgan fingerprint density at radius 3 is 2.63 bits per heavy atom. The van der Waals surface area contributed by atoms with Crippen LogP contribution in [0.5, 0.6) is 0 Å². The lowest BCUT2D eigenvalue weighted by Gasteiger charge is -2.19. The second kappa shape index (κ2) is 9.23. The molecule has 0 spiro atoms. The fourth-order valence-electron chi connectivity index (χ4n) is 3.96. The van der Waals surface area contributed by atoms with Crippen LogP contribution in [-0.4, -0.2) is 21.2 Å². The molecule has 0 aliphatic heterocycles. The van der Waals surface area contributed by atoms with Gasteiger partial charge in [-0.25, -0.2) is 4.98 Å². The average Bonchev–Trinajstić information content (AvgIpc) is 3.27. The zero-order chi connectivity index (χ0) is 21.1. The van der Waals surface area contributed by atoms with Crippen LogP contribution in [-0.2, 0) is 4.79 Å². The first-order valence-corrected chi connectivity index (χ1v) is 11.6. The van der Waals surface area contributed by atoms with Crippen molar-refractivity contribution < 1.29 is 4.79 Å². The van der Waals surface area contributed by atoms with Gasteiger partial charge in [0.25, 0.3) is 5.56 Å². The van der Waals surface area contributed by atoms with Gasteiger partial charge in [0.2, 0.25) is 5.91 Å². The summed E-state index contributed by atoms with van der Waals surface area (Å²) in [7, 11) is 0. The lowest BCUT2D eigenvalue weighted by molar-refractivity contribution is -0.119. The molecule has 1 unspecified atom stereocenters. The number of rotatable bonds is 6. The Bertz CT molecular complexity index is 1110. The van der Waals surface area contributed by atoms with Gasteiger partial charge in [-0.3, -0.25) is 14.2 Å². The first-order valence-electron chi connectivity index (χ1n) is 10.2. The van der Waals surface area contributed by atoms with Gasteiger partial charge in [0, 0.05) is 11.1 Å². The van der Waals surface area contributed by atoms with Crippen LogP contribution >= 0.6 is 23.4 Å². The molecule has 1 aliphatic rings. The summed E-state index contributed by atoms with van der Waals surface area (Å²) in [6.07, 6.45) is 4.20. The van der Waals surface area contributed by atoms with Gasteiger partial charge in [-0.15, -0.1) is 0 Å². The second-order valence-electron chi connectivity index (χ2n) is 7.65. The molecule has 1 atom stereocenters. The van der Waals surface area contributed by atoms with Crippen molar-refractivity contribution in [3.8, 4) is 0 Å². The van der Waals surface area contributed by atoms with Crippen LogP contribution in [0.3, 0.4) is 0 Å². The van der Waals surface area contributed by atoms with Crippen LogP contribution in [0.15, 0.2) is 58.5 Å². The molecule has 1 aliphatic carbocycles. The van der Waals surface area contributed by atoms with E-state index in [1.807, 2.05) is 60.0 Å². The highest BCUT2D eigenvalue weighted by atomic mass is 35.5. The van der Waals surface area contributed by atoms with Crippen LogP contribution in [0.2, 0.25) is 5.02 Å². The molecule has 0 saturated heterocycles. The first-order chi connectivity index (χ1) is 14.5. The van der Waals surface area contributed by atoms with Crippen LogP contribution in [0, 0.1) is 0 Å². The number of nitrogens with one attached hydrogen (secondary N) is 1. The number of amides is 1. The highest BCUT2D eigenvalue weighted by Gasteiger charge is 2.23. The summed E-state index contributed by atoms with van der Waals surface area (Å²) in [6.45, 7) is 1.94. The minimum Gasteiger partial charge on any atom is -0.349 e. The second-order valence-corrected chi connectivity index (χ2v) is 9.03. The molecule has 1 amide bonds. The van der Waals surface area contributed by atoms with E-state index < -0.39 is 0 Å². The molecule has 0 bridgehead atoms. The van der Waals surface area contributed by atoms with Crippen LogP contribution in [0.25, 0.3) is 10.9 Å². The van der Waals surface area contributed by atoms with Crippen molar-refractivity contribution in [2.24, 2.45) is 0 Å². The number of hydrogen-bond donors (Lipinski definition) is 1. The Kier molecular flexibility index (Phi) is 6.44. The predicted molar refractivity (Wildman–Crippen MR) is 122 cm³/mol. The van der Waals surface area contributed by atoms with Crippen molar-refractivity contribution in [1.82, 2.24) is 14.9 Å². The molecule has 2 aromatic carbocycles. The van der Waals surface area contributed by atoms with Gasteiger partial charge in [0.15, 0.2) is 5.16 Å². The van der Waals surface area contributed by atoms with Gasteiger partial charge in [-0.05, 0) is 49.6 Å². The zero-order valence-electron chi connectivity index (χ0n) is 16.8. The summed E-state index contributed by atoms with van der Waals surface area (Å²) in [4.78, 5) is 30.5. The molecule has 3 aromatic rings. The van der Waals surface area contributed by atoms with Crippen molar-refractivity contribution in [3.63, 3.8) is 0 Å². The summed E-state index contributed by atoms with van der Waals surface area (Å²) in [6, 6.07) is 14.9. The van der Waals surface area contributed by atoms with E-state index in [4.69, 9.17) is 16.6 Å². The number of carbonyl (C=O) groups is 1. The molecule has 1 heterocycles. The minimum atomic E-state index is -0.128. The zero-order valence-corrected chi connectivity index (χ0v) is 18.4. The highest BCUT2D eigenvalue weighted by Crippen LogP contribution is 2.32. The largest absolute Gasteiger partial charge is 0.349 e. The summed E-state index contributed by atoms with van der Waals surface area (Å²) >= 11 is 7.27. The van der Waals surface area contributed by atoms with Gasteiger partial charge >= 0.3 is 0 Å². The Morgan fingerprint density at radius 2 is 1.90 bits per heavy atom. The molecule has 1 N–H and O–H groups in total. The number of nitrogens with zero attached hydrogens (tertiary/aromatic N) is 2. The molecule has 7 heteroatoms. The number of halogens is 1. The molecular formula is C23H24ClN3O2S. The summed E-state index contributed by atoms with van der Waals surface area (Å²) in [5.74, 6) is 0.109. The number of aromatic nitrogens is 2. The number of para-hydroxylation sites is 1. The van der Waals surface area contributed by atoms with Crippen LogP contribution in [0.4, 0.5) is 0 Å². The van der Waals surface area contributed by atoms with E-state index >= 15 is 0 Å². The van der Waals surface area contributed by atoms with E-state index in [1.54, 1.807) is 0 Å². The quantitative estimate of drug-likeness (QED) is 0.425. The maximum absolute atomic E-state index is 13.2. The monoisotopic (exact) mass is 441 g/mol. The number of carbonyl (C=O) groups excluding carboxylic acids is 1. The molecule has 1 saturated carbocycles. The van der Waals surface area contributed by atoms with Crippen LogP contribution < -0.4 is 10.9 Å². The molecular weight excluding hydrogens is 418 g/mol.